The molecule has 2 saturated heterocycles. The molecule has 1 atom stereocenters. The molecule has 0 unspecified atom stereocenters. The van der Waals surface area contributed by atoms with Crippen molar-refractivity contribution in [1.82, 2.24) is 0 Å². The van der Waals surface area contributed by atoms with Gasteiger partial charge in [0.15, 0.2) is 0 Å². The summed E-state index contributed by atoms with van der Waals surface area (Å²) in [7, 11) is 0. The Morgan fingerprint density at radius 1 is 0.727 bits per heavy atom. The Morgan fingerprint density at radius 3 is 2.06 bits per heavy atom. The molecule has 2 aliphatic heterocycles. The van der Waals surface area contributed by atoms with Gasteiger partial charge in [-0.3, -0.25) is 0 Å². The zero-order valence-corrected chi connectivity index (χ0v) is 21.6. The van der Waals surface area contributed by atoms with Crippen molar-refractivity contribution >= 4 is 11.4 Å². The average molecular weight is 443 g/mol. The number of rotatable bonds is 2. The van der Waals surface area contributed by atoms with E-state index < -0.39 is 0 Å². The summed E-state index contributed by atoms with van der Waals surface area (Å²) in [5, 5.41) is 0. The lowest BCUT2D eigenvalue weighted by atomic mass is 9.55. The van der Waals surface area contributed by atoms with E-state index in [1.807, 2.05) is 0 Å². The third kappa shape index (κ3) is 3.27. The highest BCUT2D eigenvalue weighted by Gasteiger charge is 2.45. The molecule has 2 aliphatic carbocycles. The van der Waals surface area contributed by atoms with Crippen molar-refractivity contribution < 1.29 is 0 Å². The van der Waals surface area contributed by atoms with Crippen LogP contribution in [0.4, 0.5) is 11.4 Å². The molecule has 6 rings (SSSR count). The highest BCUT2D eigenvalue weighted by Crippen LogP contribution is 2.53. The van der Waals surface area contributed by atoms with Gasteiger partial charge in [-0.2, -0.15) is 0 Å². The summed E-state index contributed by atoms with van der Waals surface area (Å²) >= 11 is 0. The van der Waals surface area contributed by atoms with Crippen LogP contribution < -0.4 is 9.80 Å². The Balaban J connectivity index is 1.54. The number of anilines is 2. The van der Waals surface area contributed by atoms with Gasteiger partial charge in [-0.25, -0.2) is 0 Å². The van der Waals surface area contributed by atoms with Crippen LogP contribution in [-0.4, -0.2) is 26.2 Å². The molecule has 2 fully saturated rings. The number of benzene rings is 2. The van der Waals surface area contributed by atoms with Crippen molar-refractivity contribution in [2.75, 3.05) is 36.0 Å². The molecule has 2 aromatic rings. The highest BCUT2D eigenvalue weighted by molar-refractivity contribution is 5.84. The Hall–Kier alpha value is -1.96. The van der Waals surface area contributed by atoms with Crippen molar-refractivity contribution in [3.05, 3.63) is 46.5 Å². The van der Waals surface area contributed by atoms with Crippen LogP contribution in [0.5, 0.6) is 0 Å². The van der Waals surface area contributed by atoms with Crippen molar-refractivity contribution in [3.8, 4) is 11.1 Å². The van der Waals surface area contributed by atoms with Crippen molar-refractivity contribution in [2.24, 2.45) is 11.3 Å². The monoisotopic (exact) mass is 442 g/mol. The van der Waals surface area contributed by atoms with Crippen LogP contribution in [0.1, 0.15) is 82.6 Å². The second-order valence-corrected chi connectivity index (χ2v) is 12.6. The van der Waals surface area contributed by atoms with Gasteiger partial charge in [0.2, 0.25) is 0 Å². The predicted molar refractivity (Wildman–Crippen MR) is 142 cm³/mol. The van der Waals surface area contributed by atoms with E-state index in [0.29, 0.717) is 11.3 Å². The molecule has 33 heavy (non-hydrogen) atoms. The minimum Gasteiger partial charge on any atom is -0.371 e. The van der Waals surface area contributed by atoms with Gasteiger partial charge in [-0.15, -0.1) is 0 Å². The smallest absolute Gasteiger partial charge is 0.0425 e. The Morgan fingerprint density at radius 2 is 1.36 bits per heavy atom. The summed E-state index contributed by atoms with van der Waals surface area (Å²) < 4.78 is 0. The van der Waals surface area contributed by atoms with Gasteiger partial charge < -0.3 is 9.80 Å². The van der Waals surface area contributed by atoms with E-state index in [0.717, 1.165) is 0 Å². The van der Waals surface area contributed by atoms with Crippen LogP contribution in [0.25, 0.3) is 11.1 Å². The van der Waals surface area contributed by atoms with Gasteiger partial charge in [-0.1, -0.05) is 46.8 Å². The molecule has 0 saturated carbocycles. The molecule has 0 spiro atoms. The fraction of sp³-hybridized carbons (Fsp3) is 0.613. The first kappa shape index (κ1) is 21.6. The van der Waals surface area contributed by atoms with Crippen molar-refractivity contribution in [2.45, 2.75) is 85.0 Å². The van der Waals surface area contributed by atoms with E-state index in [4.69, 9.17) is 0 Å². The van der Waals surface area contributed by atoms with Crippen LogP contribution in [0.3, 0.4) is 0 Å². The molecular formula is C31H42N2. The SMILES string of the molecule is C[C@H]1C(C)(C)Cc2c(ccc3c2CCc2c-3cc(N3CCCC3)cc2N2CCCC2)C1(C)C. The molecule has 176 valence electrons. The fourth-order valence-electron chi connectivity index (χ4n) is 7.65. The molecule has 0 bridgehead atoms. The van der Waals surface area contributed by atoms with Crippen molar-refractivity contribution in [1.29, 1.82) is 0 Å². The van der Waals surface area contributed by atoms with Crippen LogP contribution in [0.15, 0.2) is 24.3 Å². The summed E-state index contributed by atoms with van der Waals surface area (Å²) in [4.78, 5) is 5.33. The first-order chi connectivity index (χ1) is 15.8. The second-order valence-electron chi connectivity index (χ2n) is 12.6. The zero-order valence-electron chi connectivity index (χ0n) is 21.6. The summed E-state index contributed by atoms with van der Waals surface area (Å²) in [5.41, 5.74) is 13.2. The number of hydrogen-bond donors (Lipinski definition) is 0. The third-order valence-electron chi connectivity index (χ3n) is 10.1. The summed E-state index contributed by atoms with van der Waals surface area (Å²) in [6.45, 7) is 17.3. The maximum Gasteiger partial charge on any atom is 0.0425 e. The summed E-state index contributed by atoms with van der Waals surface area (Å²) in [5.74, 6) is 0.676. The molecule has 0 radical (unpaired) electrons. The first-order valence-electron chi connectivity index (χ1n) is 13.6. The molecule has 0 amide bonds. The minimum absolute atomic E-state index is 0.227. The van der Waals surface area contributed by atoms with Crippen LogP contribution in [-0.2, 0) is 24.7 Å². The number of nitrogens with zero attached hydrogens (tertiary/aromatic N) is 2. The summed E-state index contributed by atoms with van der Waals surface area (Å²) in [6, 6.07) is 10.1. The molecule has 2 aromatic carbocycles. The number of hydrogen-bond acceptors (Lipinski definition) is 2. The maximum absolute atomic E-state index is 2.69. The van der Waals surface area contributed by atoms with Gasteiger partial charge in [0.1, 0.15) is 0 Å². The van der Waals surface area contributed by atoms with Crippen molar-refractivity contribution in [3.63, 3.8) is 0 Å². The average Bonchev–Trinajstić information content (AvgIpc) is 3.51. The first-order valence-corrected chi connectivity index (χ1v) is 13.6. The molecular weight excluding hydrogens is 400 g/mol. The van der Waals surface area contributed by atoms with Crippen LogP contribution >= 0.6 is 0 Å². The predicted octanol–water partition coefficient (Wildman–Crippen LogP) is 7.15. The molecule has 4 aliphatic rings. The van der Waals surface area contributed by atoms with Gasteiger partial charge in [0, 0.05) is 37.6 Å². The molecule has 2 heterocycles. The van der Waals surface area contributed by atoms with E-state index in [1.165, 1.54) is 82.4 Å². The lowest BCUT2D eigenvalue weighted by molar-refractivity contribution is 0.125. The van der Waals surface area contributed by atoms with Gasteiger partial charge in [0.05, 0.1) is 0 Å². The van der Waals surface area contributed by atoms with Gasteiger partial charge in [-0.05, 0) is 107 Å². The van der Waals surface area contributed by atoms with E-state index >= 15 is 0 Å². The third-order valence-corrected chi connectivity index (χ3v) is 10.1. The highest BCUT2D eigenvalue weighted by atomic mass is 15.2. The molecule has 2 heteroatoms. The zero-order chi connectivity index (χ0) is 23.0. The molecule has 0 aromatic heterocycles. The largest absolute Gasteiger partial charge is 0.371 e. The quantitative estimate of drug-likeness (QED) is 0.487. The Bertz CT molecular complexity index is 1080. The van der Waals surface area contributed by atoms with Crippen LogP contribution in [0, 0.1) is 11.3 Å². The Kier molecular flexibility index (Phi) is 4.91. The van der Waals surface area contributed by atoms with Crippen LogP contribution in [0.2, 0.25) is 0 Å². The molecule has 2 nitrogen and oxygen atoms in total. The standard InChI is InChI=1S/C31H42N2/c1-21-30(2,3)20-27-24-10-11-25-26(23(24)12-13-28(27)31(21,4)5)18-22(32-14-6-7-15-32)19-29(25)33-16-8-9-17-33/h12-13,18-19,21H,6-11,14-17,20H2,1-5H3/t21-/m0/s1. The maximum atomic E-state index is 2.69. The molecule has 0 N–H and O–H groups in total. The van der Waals surface area contributed by atoms with Gasteiger partial charge >= 0.3 is 0 Å². The van der Waals surface area contributed by atoms with E-state index in [1.54, 1.807) is 33.5 Å². The second kappa shape index (κ2) is 7.52. The van der Waals surface area contributed by atoms with Gasteiger partial charge in [0.25, 0.3) is 0 Å². The lowest BCUT2D eigenvalue weighted by Crippen LogP contribution is -2.44. The van der Waals surface area contributed by atoms with E-state index in [2.05, 4.69) is 68.7 Å². The minimum atomic E-state index is 0.227. The number of fused-ring (bicyclic) bond motifs is 5. The van der Waals surface area contributed by atoms with E-state index in [-0.39, 0.29) is 5.41 Å². The normalized spacial score (nSPS) is 25.1. The summed E-state index contributed by atoms with van der Waals surface area (Å²) in [6.07, 6.45) is 8.98. The topological polar surface area (TPSA) is 6.48 Å². The fourth-order valence-corrected chi connectivity index (χ4v) is 7.65. The Labute approximate surface area is 201 Å². The lowest BCUT2D eigenvalue weighted by Gasteiger charge is -2.50. The van der Waals surface area contributed by atoms with E-state index in [9.17, 15) is 0 Å².